The fourth-order valence-corrected chi connectivity index (χ4v) is 4.22. The first-order chi connectivity index (χ1) is 12.9. The summed E-state index contributed by atoms with van der Waals surface area (Å²) in [6, 6.07) is 16.7. The van der Waals surface area contributed by atoms with Crippen molar-refractivity contribution >= 4 is 15.9 Å². The van der Waals surface area contributed by atoms with Crippen LogP contribution in [0.5, 0.6) is 0 Å². The maximum atomic E-state index is 12.8. The van der Waals surface area contributed by atoms with Crippen molar-refractivity contribution in [1.82, 2.24) is 9.21 Å². The van der Waals surface area contributed by atoms with Crippen molar-refractivity contribution in [2.45, 2.75) is 11.4 Å². The lowest BCUT2D eigenvalue weighted by Crippen LogP contribution is -3.13. The van der Waals surface area contributed by atoms with Crippen LogP contribution in [0.4, 0.5) is 0 Å². The predicted molar refractivity (Wildman–Crippen MR) is 104 cm³/mol. The van der Waals surface area contributed by atoms with Crippen molar-refractivity contribution in [3.8, 4) is 0 Å². The molecule has 0 bridgehead atoms. The maximum absolute atomic E-state index is 12.8. The van der Waals surface area contributed by atoms with Crippen molar-refractivity contribution < 1.29 is 18.1 Å². The summed E-state index contributed by atoms with van der Waals surface area (Å²) in [5, 5.41) is 0. The largest absolute Gasteiger partial charge is 0.328 e. The zero-order valence-corrected chi connectivity index (χ0v) is 16.6. The van der Waals surface area contributed by atoms with Crippen molar-refractivity contribution in [2.75, 3.05) is 40.3 Å². The third-order valence-corrected chi connectivity index (χ3v) is 6.73. The Morgan fingerprint density at radius 2 is 1.70 bits per heavy atom. The number of amides is 1. The van der Waals surface area contributed by atoms with E-state index in [9.17, 15) is 13.2 Å². The number of benzene rings is 2. The van der Waals surface area contributed by atoms with Gasteiger partial charge < -0.3 is 9.80 Å². The molecule has 1 aliphatic heterocycles. The standard InChI is InChI=1S/C20H25N3O3S/c1-21(2)27(25,26)19-10-6-9-18(15-19)20(24)23-13-11-22(12-14-23)16-17-7-4-3-5-8-17/h3-10,15H,11-14,16H2,1-2H3/p+1. The lowest BCUT2D eigenvalue weighted by atomic mass is 10.1. The number of carbonyl (C=O) groups excluding carboxylic acids is 1. The quantitative estimate of drug-likeness (QED) is 0.810. The number of sulfonamides is 1. The molecule has 0 aromatic heterocycles. The summed E-state index contributed by atoms with van der Waals surface area (Å²) in [6.07, 6.45) is 0. The molecule has 0 atom stereocenters. The Kier molecular flexibility index (Phi) is 5.94. The number of rotatable bonds is 5. The Morgan fingerprint density at radius 1 is 1.04 bits per heavy atom. The average Bonchev–Trinajstić information content (AvgIpc) is 2.69. The predicted octanol–water partition coefficient (Wildman–Crippen LogP) is 0.478. The van der Waals surface area contributed by atoms with Crippen LogP contribution in [0.3, 0.4) is 0 Å². The Balaban J connectivity index is 1.64. The molecule has 27 heavy (non-hydrogen) atoms. The molecule has 1 aliphatic rings. The highest BCUT2D eigenvalue weighted by Crippen LogP contribution is 2.16. The lowest BCUT2D eigenvalue weighted by molar-refractivity contribution is -0.917. The Hall–Kier alpha value is -2.22. The van der Waals surface area contributed by atoms with Crippen molar-refractivity contribution in [2.24, 2.45) is 0 Å². The van der Waals surface area contributed by atoms with Crippen LogP contribution in [0, 0.1) is 0 Å². The molecule has 7 heteroatoms. The molecule has 0 aliphatic carbocycles. The molecule has 0 saturated carbocycles. The average molecular weight is 389 g/mol. The van der Waals surface area contributed by atoms with Crippen LogP contribution < -0.4 is 4.90 Å². The molecule has 3 rings (SSSR count). The topological polar surface area (TPSA) is 62.1 Å². The Morgan fingerprint density at radius 3 is 2.33 bits per heavy atom. The second-order valence-electron chi connectivity index (χ2n) is 7.02. The lowest BCUT2D eigenvalue weighted by Gasteiger charge is -2.32. The van der Waals surface area contributed by atoms with Crippen LogP contribution in [0.15, 0.2) is 59.5 Å². The number of nitrogens with one attached hydrogen (secondary N) is 1. The fraction of sp³-hybridized carbons (Fsp3) is 0.350. The summed E-state index contributed by atoms with van der Waals surface area (Å²) < 4.78 is 25.7. The molecular formula is C20H26N3O3S+. The minimum Gasteiger partial charge on any atom is -0.328 e. The molecule has 0 radical (unpaired) electrons. The van der Waals surface area contributed by atoms with Gasteiger partial charge >= 0.3 is 0 Å². The number of hydrogen-bond acceptors (Lipinski definition) is 3. The molecule has 1 N–H and O–H groups in total. The third kappa shape index (κ3) is 4.55. The zero-order valence-electron chi connectivity index (χ0n) is 15.8. The number of piperazine rings is 1. The summed E-state index contributed by atoms with van der Waals surface area (Å²) in [5.41, 5.74) is 1.72. The van der Waals surface area contributed by atoms with E-state index in [2.05, 4.69) is 12.1 Å². The highest BCUT2D eigenvalue weighted by molar-refractivity contribution is 7.89. The molecule has 0 unspecified atom stereocenters. The normalized spacial score (nSPS) is 15.9. The van der Waals surface area contributed by atoms with E-state index < -0.39 is 10.0 Å². The van der Waals surface area contributed by atoms with Gasteiger partial charge in [-0.25, -0.2) is 12.7 Å². The van der Waals surface area contributed by atoms with Gasteiger partial charge in [0.1, 0.15) is 6.54 Å². The Bertz CT molecular complexity index is 890. The second kappa shape index (κ2) is 8.21. The maximum Gasteiger partial charge on any atom is 0.254 e. The van der Waals surface area contributed by atoms with Gasteiger partial charge in [0.25, 0.3) is 5.91 Å². The summed E-state index contributed by atoms with van der Waals surface area (Å²) in [4.78, 5) is 16.2. The molecule has 1 heterocycles. The highest BCUT2D eigenvalue weighted by Gasteiger charge is 2.26. The van der Waals surface area contributed by atoms with Crippen LogP contribution in [0.25, 0.3) is 0 Å². The molecule has 1 saturated heterocycles. The van der Waals surface area contributed by atoms with Gasteiger partial charge in [-0.3, -0.25) is 4.79 Å². The van der Waals surface area contributed by atoms with Gasteiger partial charge in [-0.2, -0.15) is 0 Å². The van der Waals surface area contributed by atoms with E-state index in [4.69, 9.17) is 0 Å². The van der Waals surface area contributed by atoms with Gasteiger partial charge in [0, 0.05) is 25.2 Å². The second-order valence-corrected chi connectivity index (χ2v) is 9.17. The van der Waals surface area contributed by atoms with E-state index in [1.807, 2.05) is 23.1 Å². The van der Waals surface area contributed by atoms with Crippen LogP contribution in [-0.4, -0.2) is 63.8 Å². The summed E-state index contributed by atoms with van der Waals surface area (Å²) in [6.45, 7) is 4.07. The van der Waals surface area contributed by atoms with E-state index in [-0.39, 0.29) is 10.8 Å². The first kappa shape index (κ1) is 19.5. The fourth-order valence-electron chi connectivity index (χ4n) is 3.27. The summed E-state index contributed by atoms with van der Waals surface area (Å²) >= 11 is 0. The SMILES string of the molecule is CN(C)S(=O)(=O)c1cccc(C(=O)N2CC[NH+](Cc3ccccc3)CC2)c1. The van der Waals surface area contributed by atoms with E-state index >= 15 is 0 Å². The number of quaternary nitrogens is 1. The summed E-state index contributed by atoms with van der Waals surface area (Å²) in [5.74, 6) is -0.107. The van der Waals surface area contributed by atoms with Crippen LogP contribution in [0.1, 0.15) is 15.9 Å². The summed E-state index contributed by atoms with van der Waals surface area (Å²) in [7, 11) is -0.579. The molecule has 1 fully saturated rings. The van der Waals surface area contributed by atoms with Gasteiger partial charge in [0.05, 0.1) is 31.1 Å². The molecular weight excluding hydrogens is 362 g/mol. The minimum absolute atomic E-state index is 0.107. The smallest absolute Gasteiger partial charge is 0.254 e. The third-order valence-electron chi connectivity index (χ3n) is 4.91. The molecule has 0 spiro atoms. The molecule has 144 valence electrons. The number of carbonyl (C=O) groups is 1. The first-order valence-corrected chi connectivity index (χ1v) is 10.5. The first-order valence-electron chi connectivity index (χ1n) is 9.07. The van der Waals surface area contributed by atoms with E-state index in [0.29, 0.717) is 18.7 Å². The Labute approximate surface area is 161 Å². The molecule has 6 nitrogen and oxygen atoms in total. The van der Waals surface area contributed by atoms with Gasteiger partial charge in [-0.05, 0) is 18.2 Å². The zero-order chi connectivity index (χ0) is 19.4. The van der Waals surface area contributed by atoms with Gasteiger partial charge in [0.2, 0.25) is 10.0 Å². The van der Waals surface area contributed by atoms with Crippen molar-refractivity contribution in [3.05, 3.63) is 65.7 Å². The van der Waals surface area contributed by atoms with Gasteiger partial charge in [-0.15, -0.1) is 0 Å². The number of nitrogens with zero attached hydrogens (tertiary/aromatic N) is 2. The van der Waals surface area contributed by atoms with Crippen LogP contribution in [0.2, 0.25) is 0 Å². The van der Waals surface area contributed by atoms with Crippen LogP contribution in [-0.2, 0) is 16.6 Å². The van der Waals surface area contributed by atoms with Crippen molar-refractivity contribution in [1.29, 1.82) is 0 Å². The monoisotopic (exact) mass is 388 g/mol. The van der Waals surface area contributed by atoms with Crippen LogP contribution >= 0.6 is 0 Å². The molecule has 1 amide bonds. The molecule has 2 aromatic carbocycles. The van der Waals surface area contributed by atoms with E-state index in [1.54, 1.807) is 12.1 Å². The minimum atomic E-state index is -3.55. The van der Waals surface area contributed by atoms with E-state index in [1.165, 1.54) is 36.7 Å². The molecule has 2 aromatic rings. The van der Waals surface area contributed by atoms with Crippen molar-refractivity contribution in [3.63, 3.8) is 0 Å². The number of hydrogen-bond donors (Lipinski definition) is 1. The van der Waals surface area contributed by atoms with E-state index in [0.717, 1.165) is 23.9 Å². The van der Waals surface area contributed by atoms with Gasteiger partial charge in [0.15, 0.2) is 0 Å². The highest BCUT2D eigenvalue weighted by atomic mass is 32.2. The van der Waals surface area contributed by atoms with Gasteiger partial charge in [-0.1, -0.05) is 36.4 Å².